The zero-order valence-corrected chi connectivity index (χ0v) is 10.3. The van der Waals surface area contributed by atoms with Crippen LogP contribution in [-0.2, 0) is 0 Å². The van der Waals surface area contributed by atoms with E-state index in [1.165, 1.54) is 25.7 Å². The van der Waals surface area contributed by atoms with Crippen LogP contribution >= 0.6 is 0 Å². The number of carbonyl (C=O) groups is 1. The highest BCUT2D eigenvalue weighted by atomic mass is 16.4. The summed E-state index contributed by atoms with van der Waals surface area (Å²) < 4.78 is 5.44. The first kappa shape index (κ1) is 10.9. The quantitative estimate of drug-likeness (QED) is 0.750. The summed E-state index contributed by atoms with van der Waals surface area (Å²) in [5.41, 5.74) is 0. The van der Waals surface area contributed by atoms with E-state index in [-0.39, 0.29) is 0 Å². The number of aldehydes is 1. The zero-order valence-electron chi connectivity index (χ0n) is 10.3. The van der Waals surface area contributed by atoms with Crippen LogP contribution < -0.4 is 4.90 Å². The molecule has 3 nitrogen and oxygen atoms in total. The summed E-state index contributed by atoms with van der Waals surface area (Å²) in [6.07, 6.45) is 6.45. The van der Waals surface area contributed by atoms with E-state index >= 15 is 0 Å². The molecule has 2 fully saturated rings. The van der Waals surface area contributed by atoms with Gasteiger partial charge in [0.2, 0.25) is 0 Å². The molecule has 2 saturated carbocycles. The van der Waals surface area contributed by atoms with Gasteiger partial charge in [-0.2, -0.15) is 0 Å². The summed E-state index contributed by atoms with van der Waals surface area (Å²) in [6.45, 7) is 1.06. The van der Waals surface area contributed by atoms with Crippen molar-refractivity contribution in [2.24, 2.45) is 17.8 Å². The SMILES string of the molecule is CN(CC1CC2CCC1C2)c1ccc(C=O)o1. The predicted molar refractivity (Wildman–Crippen MR) is 66.3 cm³/mol. The standard InChI is InChI=1S/C14H19NO2/c1-15(14-5-4-13(9-16)17-14)8-12-7-10-2-3-11(12)6-10/h4-5,9-12H,2-3,6-8H2,1H3. The highest BCUT2D eigenvalue weighted by molar-refractivity contribution is 5.71. The molecule has 0 amide bonds. The molecule has 3 rings (SSSR count). The van der Waals surface area contributed by atoms with Crippen LogP contribution in [0, 0.1) is 17.8 Å². The van der Waals surface area contributed by atoms with E-state index in [4.69, 9.17) is 4.42 Å². The van der Waals surface area contributed by atoms with Crippen molar-refractivity contribution >= 4 is 12.2 Å². The van der Waals surface area contributed by atoms with Gasteiger partial charge in [-0.15, -0.1) is 0 Å². The monoisotopic (exact) mass is 233 g/mol. The molecule has 92 valence electrons. The van der Waals surface area contributed by atoms with Gasteiger partial charge in [-0.1, -0.05) is 6.42 Å². The summed E-state index contributed by atoms with van der Waals surface area (Å²) >= 11 is 0. The number of hydrogen-bond acceptors (Lipinski definition) is 3. The second-order valence-electron chi connectivity index (χ2n) is 5.61. The first-order valence-corrected chi connectivity index (χ1v) is 6.52. The number of anilines is 1. The van der Waals surface area contributed by atoms with E-state index in [1.54, 1.807) is 6.07 Å². The van der Waals surface area contributed by atoms with Crippen molar-refractivity contribution in [3.05, 3.63) is 17.9 Å². The predicted octanol–water partition coefficient (Wildman–Crippen LogP) is 2.96. The first-order valence-electron chi connectivity index (χ1n) is 6.52. The van der Waals surface area contributed by atoms with Crippen molar-refractivity contribution in [1.29, 1.82) is 0 Å². The Balaban J connectivity index is 1.63. The average Bonchev–Trinajstić information content (AvgIpc) is 3.04. The Labute approximate surface area is 102 Å². The maximum atomic E-state index is 10.6. The summed E-state index contributed by atoms with van der Waals surface area (Å²) in [7, 11) is 2.05. The van der Waals surface area contributed by atoms with Gasteiger partial charge >= 0.3 is 0 Å². The third-order valence-electron chi connectivity index (χ3n) is 4.50. The Morgan fingerprint density at radius 2 is 2.29 bits per heavy atom. The van der Waals surface area contributed by atoms with Gasteiger partial charge in [0.25, 0.3) is 0 Å². The number of carbonyl (C=O) groups excluding carboxylic acids is 1. The third-order valence-corrected chi connectivity index (χ3v) is 4.50. The number of furan rings is 1. The smallest absolute Gasteiger partial charge is 0.196 e. The van der Waals surface area contributed by atoms with Crippen LogP contribution in [0.2, 0.25) is 0 Å². The normalized spacial score (nSPS) is 30.8. The highest BCUT2D eigenvalue weighted by Gasteiger charge is 2.39. The molecule has 3 atom stereocenters. The van der Waals surface area contributed by atoms with Crippen molar-refractivity contribution in [2.75, 3.05) is 18.5 Å². The van der Waals surface area contributed by atoms with Crippen LogP contribution in [-0.4, -0.2) is 19.9 Å². The summed E-state index contributed by atoms with van der Waals surface area (Å²) in [6, 6.07) is 3.62. The number of nitrogens with zero attached hydrogens (tertiary/aromatic N) is 1. The molecule has 2 aliphatic carbocycles. The lowest BCUT2D eigenvalue weighted by molar-refractivity contribution is 0.110. The minimum atomic E-state index is 0.416. The Hall–Kier alpha value is -1.25. The van der Waals surface area contributed by atoms with E-state index in [9.17, 15) is 4.79 Å². The fourth-order valence-electron chi connectivity index (χ4n) is 3.65. The molecular weight excluding hydrogens is 214 g/mol. The summed E-state index contributed by atoms with van der Waals surface area (Å²) in [5.74, 6) is 3.97. The molecule has 1 aromatic rings. The van der Waals surface area contributed by atoms with Crippen LogP contribution in [0.4, 0.5) is 5.88 Å². The van der Waals surface area contributed by atoms with E-state index in [2.05, 4.69) is 11.9 Å². The molecule has 0 saturated heterocycles. The Kier molecular flexibility index (Phi) is 2.69. The lowest BCUT2D eigenvalue weighted by Crippen LogP contribution is -2.28. The first-order chi connectivity index (χ1) is 8.26. The fourth-order valence-corrected chi connectivity index (χ4v) is 3.65. The largest absolute Gasteiger partial charge is 0.438 e. The lowest BCUT2D eigenvalue weighted by Gasteiger charge is -2.26. The number of hydrogen-bond donors (Lipinski definition) is 0. The van der Waals surface area contributed by atoms with E-state index in [0.717, 1.165) is 36.5 Å². The minimum absolute atomic E-state index is 0.416. The van der Waals surface area contributed by atoms with Gasteiger partial charge in [0.1, 0.15) is 0 Å². The van der Waals surface area contributed by atoms with Gasteiger partial charge in [-0.05, 0) is 43.1 Å². The average molecular weight is 233 g/mol. The topological polar surface area (TPSA) is 33.5 Å². The Morgan fingerprint density at radius 1 is 1.41 bits per heavy atom. The second kappa shape index (κ2) is 4.21. The molecule has 0 N–H and O–H groups in total. The van der Waals surface area contributed by atoms with Crippen LogP contribution in [0.15, 0.2) is 16.5 Å². The van der Waals surface area contributed by atoms with Crippen molar-refractivity contribution in [3.63, 3.8) is 0 Å². The molecule has 1 aromatic heterocycles. The molecule has 0 radical (unpaired) electrons. The molecule has 0 aromatic carbocycles. The van der Waals surface area contributed by atoms with Gasteiger partial charge in [0, 0.05) is 19.7 Å². The maximum absolute atomic E-state index is 10.6. The van der Waals surface area contributed by atoms with Gasteiger partial charge < -0.3 is 9.32 Å². The minimum Gasteiger partial charge on any atom is -0.438 e. The molecule has 1 heterocycles. The van der Waals surface area contributed by atoms with Crippen molar-refractivity contribution in [3.8, 4) is 0 Å². The van der Waals surface area contributed by atoms with Crippen LogP contribution in [0.5, 0.6) is 0 Å². The van der Waals surface area contributed by atoms with Crippen LogP contribution in [0.3, 0.4) is 0 Å². The van der Waals surface area contributed by atoms with Crippen molar-refractivity contribution in [2.45, 2.75) is 25.7 Å². The molecule has 0 aliphatic heterocycles. The van der Waals surface area contributed by atoms with Crippen molar-refractivity contribution < 1.29 is 9.21 Å². The molecule has 2 bridgehead atoms. The van der Waals surface area contributed by atoms with Gasteiger partial charge in [-0.25, -0.2) is 0 Å². The Morgan fingerprint density at radius 3 is 2.88 bits per heavy atom. The summed E-state index contributed by atoms with van der Waals surface area (Å²) in [4.78, 5) is 12.7. The molecule has 2 aliphatic rings. The molecule has 3 unspecified atom stereocenters. The molecular formula is C14H19NO2. The van der Waals surface area contributed by atoms with E-state index < -0.39 is 0 Å². The van der Waals surface area contributed by atoms with Crippen LogP contribution in [0.25, 0.3) is 0 Å². The number of rotatable bonds is 4. The van der Waals surface area contributed by atoms with Crippen molar-refractivity contribution in [1.82, 2.24) is 0 Å². The zero-order chi connectivity index (χ0) is 11.8. The van der Waals surface area contributed by atoms with E-state index in [0.29, 0.717) is 5.76 Å². The second-order valence-corrected chi connectivity index (χ2v) is 5.61. The van der Waals surface area contributed by atoms with Crippen LogP contribution in [0.1, 0.15) is 36.2 Å². The van der Waals surface area contributed by atoms with Gasteiger partial charge in [0.05, 0.1) is 0 Å². The van der Waals surface area contributed by atoms with Gasteiger partial charge in [-0.3, -0.25) is 4.79 Å². The molecule has 3 heteroatoms. The Bertz CT molecular complexity index is 412. The van der Waals surface area contributed by atoms with E-state index in [1.807, 2.05) is 6.07 Å². The molecule has 17 heavy (non-hydrogen) atoms. The summed E-state index contributed by atoms with van der Waals surface area (Å²) in [5, 5.41) is 0. The third kappa shape index (κ3) is 1.99. The number of fused-ring (bicyclic) bond motifs is 2. The molecule has 0 spiro atoms. The maximum Gasteiger partial charge on any atom is 0.196 e. The lowest BCUT2D eigenvalue weighted by atomic mass is 9.88. The van der Waals surface area contributed by atoms with Gasteiger partial charge in [0.15, 0.2) is 17.9 Å². The highest BCUT2D eigenvalue weighted by Crippen LogP contribution is 2.48. The fraction of sp³-hybridized carbons (Fsp3) is 0.643.